The molecule has 3 aromatic heterocycles. The average Bonchev–Trinajstić information content (AvgIpc) is 3.52. The molecule has 0 atom stereocenters. The number of hydrogen-bond acceptors (Lipinski definition) is 8. The van der Waals surface area contributed by atoms with Gasteiger partial charge >= 0.3 is 0 Å². The minimum atomic E-state index is 0.744. The Morgan fingerprint density at radius 2 is 1.41 bits per heavy atom. The van der Waals surface area contributed by atoms with Crippen molar-refractivity contribution in [3.05, 3.63) is 71.7 Å². The molecule has 5 aromatic rings. The van der Waals surface area contributed by atoms with Crippen LogP contribution in [0, 0.1) is 13.8 Å². The SMILES string of the molecule is Cc1ccc2nc(N3CN(Cc4ccco4)CN(c4nc5ccc(C)cc5s4)C3)sc2c1. The third kappa shape index (κ3) is 3.74. The second-order valence-electron chi connectivity index (χ2n) is 8.35. The van der Waals surface area contributed by atoms with Crippen LogP contribution < -0.4 is 9.80 Å². The van der Waals surface area contributed by atoms with Crippen molar-refractivity contribution in [2.45, 2.75) is 20.4 Å². The molecule has 0 unspecified atom stereocenters. The first-order chi connectivity index (χ1) is 15.6. The van der Waals surface area contributed by atoms with Gasteiger partial charge in [-0.1, -0.05) is 34.8 Å². The lowest BCUT2D eigenvalue weighted by atomic mass is 10.2. The first kappa shape index (κ1) is 19.7. The number of benzene rings is 2. The molecule has 0 bridgehead atoms. The van der Waals surface area contributed by atoms with Crippen molar-refractivity contribution in [2.24, 2.45) is 0 Å². The quantitative estimate of drug-likeness (QED) is 0.336. The third-order valence-corrected chi connectivity index (χ3v) is 7.81. The van der Waals surface area contributed by atoms with Gasteiger partial charge in [-0.2, -0.15) is 0 Å². The Labute approximate surface area is 194 Å². The summed E-state index contributed by atoms with van der Waals surface area (Å²) in [6.07, 6.45) is 1.74. The molecule has 0 amide bonds. The number of anilines is 2. The topological polar surface area (TPSA) is 48.6 Å². The van der Waals surface area contributed by atoms with E-state index in [2.05, 4.69) is 64.9 Å². The van der Waals surface area contributed by atoms with Gasteiger partial charge in [0.05, 0.1) is 53.2 Å². The minimum absolute atomic E-state index is 0.744. The fourth-order valence-corrected chi connectivity index (χ4v) is 6.19. The highest BCUT2D eigenvalue weighted by Gasteiger charge is 2.28. The van der Waals surface area contributed by atoms with Crippen LogP contribution in [-0.2, 0) is 6.54 Å². The summed E-state index contributed by atoms with van der Waals surface area (Å²) in [6.45, 7) is 7.34. The van der Waals surface area contributed by atoms with E-state index < -0.39 is 0 Å². The zero-order chi connectivity index (χ0) is 21.7. The van der Waals surface area contributed by atoms with Crippen molar-refractivity contribution in [2.75, 3.05) is 29.8 Å². The Morgan fingerprint density at radius 1 is 0.812 bits per heavy atom. The molecule has 162 valence electrons. The number of nitrogens with zero attached hydrogens (tertiary/aromatic N) is 5. The van der Waals surface area contributed by atoms with Crippen LogP contribution in [0.15, 0.2) is 59.2 Å². The molecule has 0 N–H and O–H groups in total. The first-order valence-corrected chi connectivity index (χ1v) is 12.2. The molecule has 2 aromatic carbocycles. The molecule has 4 heterocycles. The lowest BCUT2D eigenvalue weighted by Crippen LogP contribution is -2.55. The zero-order valence-corrected chi connectivity index (χ0v) is 19.6. The smallest absolute Gasteiger partial charge is 0.188 e. The first-order valence-electron chi connectivity index (χ1n) is 10.6. The van der Waals surface area contributed by atoms with Crippen LogP contribution in [0.5, 0.6) is 0 Å². The van der Waals surface area contributed by atoms with Gasteiger partial charge in [0.15, 0.2) is 10.3 Å². The third-order valence-electron chi connectivity index (χ3n) is 5.65. The number of rotatable bonds is 4. The van der Waals surface area contributed by atoms with E-state index in [1.807, 2.05) is 12.1 Å². The van der Waals surface area contributed by atoms with Crippen molar-refractivity contribution in [3.8, 4) is 0 Å². The van der Waals surface area contributed by atoms with Crippen molar-refractivity contribution in [1.82, 2.24) is 14.9 Å². The molecule has 0 spiro atoms. The Balaban J connectivity index is 1.35. The van der Waals surface area contributed by atoms with E-state index in [1.54, 1.807) is 28.9 Å². The number of furan rings is 1. The summed E-state index contributed by atoms with van der Waals surface area (Å²) >= 11 is 3.51. The van der Waals surface area contributed by atoms with Gasteiger partial charge in [0, 0.05) is 0 Å². The molecule has 6 rings (SSSR count). The van der Waals surface area contributed by atoms with Gasteiger partial charge in [0.25, 0.3) is 0 Å². The predicted molar refractivity (Wildman–Crippen MR) is 133 cm³/mol. The lowest BCUT2D eigenvalue weighted by Gasteiger charge is -2.41. The van der Waals surface area contributed by atoms with E-state index in [0.29, 0.717) is 0 Å². The number of thiazole rings is 2. The van der Waals surface area contributed by atoms with E-state index >= 15 is 0 Å². The van der Waals surface area contributed by atoms with E-state index in [4.69, 9.17) is 14.4 Å². The number of aryl methyl sites for hydroxylation is 2. The summed E-state index contributed by atoms with van der Waals surface area (Å²) in [6, 6.07) is 16.9. The van der Waals surface area contributed by atoms with Crippen molar-refractivity contribution in [1.29, 1.82) is 0 Å². The van der Waals surface area contributed by atoms with Crippen LogP contribution in [0.2, 0.25) is 0 Å². The van der Waals surface area contributed by atoms with Crippen LogP contribution in [0.4, 0.5) is 10.3 Å². The molecule has 1 saturated heterocycles. The van der Waals surface area contributed by atoms with E-state index in [-0.39, 0.29) is 0 Å². The highest BCUT2D eigenvalue weighted by molar-refractivity contribution is 7.22. The molecule has 0 radical (unpaired) electrons. The Kier molecular flexibility index (Phi) is 4.86. The predicted octanol–water partition coefficient (Wildman–Crippen LogP) is 5.82. The highest BCUT2D eigenvalue weighted by atomic mass is 32.1. The molecular weight excluding hydrogens is 438 g/mol. The van der Waals surface area contributed by atoms with Crippen molar-refractivity contribution in [3.63, 3.8) is 0 Å². The summed E-state index contributed by atoms with van der Waals surface area (Å²) < 4.78 is 8.09. The van der Waals surface area contributed by atoms with Gasteiger partial charge < -0.3 is 14.2 Å². The monoisotopic (exact) mass is 461 g/mol. The maximum Gasteiger partial charge on any atom is 0.188 e. The summed E-state index contributed by atoms with van der Waals surface area (Å²) in [5, 5.41) is 2.08. The fourth-order valence-electron chi connectivity index (χ4n) is 4.10. The van der Waals surface area contributed by atoms with Crippen molar-refractivity contribution < 1.29 is 4.42 Å². The summed E-state index contributed by atoms with van der Waals surface area (Å²) in [7, 11) is 0. The largest absolute Gasteiger partial charge is 0.468 e. The van der Waals surface area contributed by atoms with Crippen LogP contribution >= 0.6 is 22.7 Å². The molecule has 0 aliphatic carbocycles. The number of aromatic nitrogens is 2. The van der Waals surface area contributed by atoms with Gasteiger partial charge in [-0.05, 0) is 61.4 Å². The van der Waals surface area contributed by atoms with Crippen LogP contribution in [0.25, 0.3) is 20.4 Å². The number of hydrogen-bond donors (Lipinski definition) is 0. The fraction of sp³-hybridized carbons (Fsp3) is 0.250. The van der Waals surface area contributed by atoms with E-state index in [9.17, 15) is 0 Å². The molecule has 8 heteroatoms. The maximum absolute atomic E-state index is 5.64. The molecule has 1 fully saturated rings. The van der Waals surface area contributed by atoms with Gasteiger partial charge in [0.1, 0.15) is 5.76 Å². The maximum atomic E-state index is 5.64. The summed E-state index contributed by atoms with van der Waals surface area (Å²) in [5.74, 6) is 0.964. The van der Waals surface area contributed by atoms with Crippen LogP contribution in [0.3, 0.4) is 0 Å². The molecule has 6 nitrogen and oxygen atoms in total. The standard InChI is InChI=1S/C24H23N5OS2/c1-16-5-7-19-21(10-16)31-23(25-19)28-13-27(12-18-4-3-9-30-18)14-29(15-28)24-26-20-8-6-17(2)11-22(20)32-24/h3-11H,12-15H2,1-2H3. The number of fused-ring (bicyclic) bond motifs is 2. The van der Waals surface area contributed by atoms with Crippen LogP contribution in [-0.4, -0.2) is 34.9 Å². The molecule has 1 aliphatic rings. The molecular formula is C24H23N5OS2. The zero-order valence-electron chi connectivity index (χ0n) is 18.0. The van der Waals surface area contributed by atoms with Gasteiger partial charge in [-0.25, -0.2) is 9.97 Å². The molecule has 1 aliphatic heterocycles. The minimum Gasteiger partial charge on any atom is -0.468 e. The summed E-state index contributed by atoms with van der Waals surface area (Å²) in [5.41, 5.74) is 4.64. The lowest BCUT2D eigenvalue weighted by molar-refractivity contribution is 0.216. The molecule has 32 heavy (non-hydrogen) atoms. The van der Waals surface area contributed by atoms with E-state index in [1.165, 1.54) is 20.5 Å². The Bertz CT molecular complexity index is 1300. The second kappa shape index (κ2) is 7.88. The summed E-state index contributed by atoms with van der Waals surface area (Å²) in [4.78, 5) is 16.9. The average molecular weight is 462 g/mol. The van der Waals surface area contributed by atoms with Gasteiger partial charge in [-0.15, -0.1) is 0 Å². The Morgan fingerprint density at radius 3 is 1.94 bits per heavy atom. The van der Waals surface area contributed by atoms with Gasteiger partial charge in [-0.3, -0.25) is 4.90 Å². The van der Waals surface area contributed by atoms with E-state index in [0.717, 1.165) is 53.6 Å². The van der Waals surface area contributed by atoms with Crippen LogP contribution in [0.1, 0.15) is 16.9 Å². The van der Waals surface area contributed by atoms with Crippen molar-refractivity contribution >= 4 is 53.4 Å². The highest BCUT2D eigenvalue weighted by Crippen LogP contribution is 2.34. The normalized spacial score (nSPS) is 15.3. The molecule has 0 saturated carbocycles. The van der Waals surface area contributed by atoms with Gasteiger partial charge in [0.2, 0.25) is 0 Å². The second-order valence-corrected chi connectivity index (χ2v) is 10.4. The Hall–Kier alpha value is -2.94.